The van der Waals surface area contributed by atoms with Crippen molar-refractivity contribution in [2.24, 2.45) is 0 Å². The van der Waals surface area contributed by atoms with Gasteiger partial charge in [-0.25, -0.2) is 0 Å². The first-order chi connectivity index (χ1) is 9.33. The summed E-state index contributed by atoms with van der Waals surface area (Å²) in [6.45, 7) is 6.04. The van der Waals surface area contributed by atoms with Crippen LogP contribution in [0.2, 0.25) is 0 Å². The number of hydrogen-bond acceptors (Lipinski definition) is 2. The van der Waals surface area contributed by atoms with E-state index in [4.69, 9.17) is 0 Å². The predicted octanol–water partition coefficient (Wildman–Crippen LogP) is 3.51. The van der Waals surface area contributed by atoms with E-state index in [2.05, 4.69) is 50.0 Å². The van der Waals surface area contributed by atoms with Gasteiger partial charge in [-0.1, -0.05) is 47.0 Å². The SMILES string of the molecule is Brc1ccccc1CN1CCN(C2CCCC2)CC1. The van der Waals surface area contributed by atoms with Crippen molar-refractivity contribution in [3.63, 3.8) is 0 Å². The van der Waals surface area contributed by atoms with E-state index in [9.17, 15) is 0 Å². The van der Waals surface area contributed by atoms with Crippen molar-refractivity contribution in [3.8, 4) is 0 Å². The molecule has 2 nitrogen and oxygen atoms in total. The molecule has 3 rings (SSSR count). The summed E-state index contributed by atoms with van der Waals surface area (Å²) >= 11 is 3.65. The second-order valence-corrected chi connectivity index (χ2v) is 6.70. The van der Waals surface area contributed by atoms with E-state index in [0.717, 1.165) is 12.6 Å². The second kappa shape index (κ2) is 6.38. The summed E-state index contributed by atoms with van der Waals surface area (Å²) in [4.78, 5) is 5.31. The Morgan fingerprint density at radius 2 is 1.68 bits per heavy atom. The van der Waals surface area contributed by atoms with Crippen molar-refractivity contribution in [1.29, 1.82) is 0 Å². The van der Waals surface area contributed by atoms with Crippen LogP contribution < -0.4 is 0 Å². The zero-order valence-electron chi connectivity index (χ0n) is 11.5. The molecular weight excluding hydrogens is 300 g/mol. The van der Waals surface area contributed by atoms with Gasteiger partial charge in [0.05, 0.1) is 0 Å². The summed E-state index contributed by atoms with van der Waals surface area (Å²) in [5, 5.41) is 0. The van der Waals surface area contributed by atoms with Crippen LogP contribution in [-0.2, 0) is 6.54 Å². The van der Waals surface area contributed by atoms with Gasteiger partial charge in [0, 0.05) is 43.2 Å². The molecule has 1 aromatic rings. The van der Waals surface area contributed by atoms with Gasteiger partial charge in [-0.15, -0.1) is 0 Å². The molecule has 1 heterocycles. The maximum atomic E-state index is 3.65. The minimum Gasteiger partial charge on any atom is -0.298 e. The van der Waals surface area contributed by atoms with E-state index in [-0.39, 0.29) is 0 Å². The minimum atomic E-state index is 0.894. The van der Waals surface area contributed by atoms with Gasteiger partial charge in [-0.3, -0.25) is 9.80 Å². The molecule has 0 aromatic heterocycles. The lowest BCUT2D eigenvalue weighted by molar-refractivity contribution is 0.0936. The number of rotatable bonds is 3. The third-order valence-corrected chi connectivity index (χ3v) is 5.37. The zero-order valence-corrected chi connectivity index (χ0v) is 13.1. The van der Waals surface area contributed by atoms with Crippen LogP contribution in [0.25, 0.3) is 0 Å². The van der Waals surface area contributed by atoms with E-state index in [1.807, 2.05) is 0 Å². The first-order valence-electron chi connectivity index (χ1n) is 7.53. The quantitative estimate of drug-likeness (QED) is 0.840. The van der Waals surface area contributed by atoms with Gasteiger partial charge in [0.1, 0.15) is 0 Å². The van der Waals surface area contributed by atoms with Crippen molar-refractivity contribution in [1.82, 2.24) is 9.80 Å². The second-order valence-electron chi connectivity index (χ2n) is 5.84. The highest BCUT2D eigenvalue weighted by atomic mass is 79.9. The number of halogens is 1. The summed E-state index contributed by atoms with van der Waals surface area (Å²) < 4.78 is 1.24. The fourth-order valence-electron chi connectivity index (χ4n) is 3.42. The predicted molar refractivity (Wildman–Crippen MR) is 83.2 cm³/mol. The van der Waals surface area contributed by atoms with Crippen molar-refractivity contribution >= 4 is 15.9 Å². The molecular formula is C16H23BrN2. The Bertz CT molecular complexity index is 407. The molecule has 0 unspecified atom stereocenters. The van der Waals surface area contributed by atoms with Crippen LogP contribution in [0.3, 0.4) is 0 Å². The van der Waals surface area contributed by atoms with Crippen molar-refractivity contribution in [3.05, 3.63) is 34.3 Å². The molecule has 2 fully saturated rings. The smallest absolute Gasteiger partial charge is 0.0246 e. The zero-order chi connectivity index (χ0) is 13.1. The largest absolute Gasteiger partial charge is 0.298 e. The lowest BCUT2D eigenvalue weighted by Gasteiger charge is -2.38. The van der Waals surface area contributed by atoms with Gasteiger partial charge >= 0.3 is 0 Å². The summed E-state index contributed by atoms with van der Waals surface area (Å²) in [6.07, 6.45) is 5.76. The van der Waals surface area contributed by atoms with E-state index >= 15 is 0 Å². The minimum absolute atomic E-state index is 0.894. The van der Waals surface area contributed by atoms with Gasteiger partial charge in [-0.05, 0) is 24.5 Å². The van der Waals surface area contributed by atoms with E-state index < -0.39 is 0 Å². The Morgan fingerprint density at radius 3 is 2.37 bits per heavy atom. The summed E-state index contributed by atoms with van der Waals surface area (Å²) in [5.41, 5.74) is 1.41. The Labute approximate surface area is 124 Å². The standard InChI is InChI=1S/C16H23BrN2/c17-16-8-4-1-5-14(16)13-18-9-11-19(12-10-18)15-6-2-3-7-15/h1,4-5,8,15H,2-3,6-7,9-13H2. The molecule has 0 spiro atoms. The number of benzene rings is 1. The summed E-state index contributed by atoms with van der Waals surface area (Å²) in [6, 6.07) is 9.49. The molecule has 0 N–H and O–H groups in total. The normalized spacial score (nSPS) is 23.0. The Kier molecular flexibility index (Phi) is 4.57. The molecule has 19 heavy (non-hydrogen) atoms. The molecule has 1 saturated heterocycles. The van der Waals surface area contributed by atoms with Crippen LogP contribution in [0.5, 0.6) is 0 Å². The van der Waals surface area contributed by atoms with Crippen LogP contribution in [0.4, 0.5) is 0 Å². The van der Waals surface area contributed by atoms with Crippen LogP contribution >= 0.6 is 15.9 Å². The molecule has 0 bridgehead atoms. The van der Waals surface area contributed by atoms with Crippen LogP contribution in [0.1, 0.15) is 31.2 Å². The van der Waals surface area contributed by atoms with E-state index in [0.29, 0.717) is 0 Å². The van der Waals surface area contributed by atoms with Gasteiger partial charge in [-0.2, -0.15) is 0 Å². The first-order valence-corrected chi connectivity index (χ1v) is 8.32. The Morgan fingerprint density at radius 1 is 1.00 bits per heavy atom. The molecule has 0 amide bonds. The van der Waals surface area contributed by atoms with Crippen molar-refractivity contribution < 1.29 is 0 Å². The molecule has 1 saturated carbocycles. The average molecular weight is 323 g/mol. The Balaban J connectivity index is 1.51. The molecule has 104 valence electrons. The van der Waals surface area contributed by atoms with E-state index in [1.54, 1.807) is 0 Å². The first kappa shape index (κ1) is 13.6. The molecule has 0 radical (unpaired) electrons. The molecule has 3 heteroatoms. The van der Waals surface area contributed by atoms with E-state index in [1.165, 1.54) is 61.9 Å². The van der Waals surface area contributed by atoms with Gasteiger partial charge in [0.25, 0.3) is 0 Å². The average Bonchev–Trinajstić information content (AvgIpc) is 2.96. The Hall–Kier alpha value is -0.380. The third-order valence-electron chi connectivity index (χ3n) is 4.60. The lowest BCUT2D eigenvalue weighted by Crippen LogP contribution is -2.49. The highest BCUT2D eigenvalue weighted by Gasteiger charge is 2.26. The van der Waals surface area contributed by atoms with Gasteiger partial charge in [0.15, 0.2) is 0 Å². The fraction of sp³-hybridized carbons (Fsp3) is 0.625. The molecule has 2 aliphatic rings. The van der Waals surface area contributed by atoms with Gasteiger partial charge in [0.2, 0.25) is 0 Å². The summed E-state index contributed by atoms with van der Waals surface area (Å²) in [7, 11) is 0. The molecule has 0 atom stereocenters. The highest BCUT2D eigenvalue weighted by molar-refractivity contribution is 9.10. The van der Waals surface area contributed by atoms with Crippen LogP contribution in [0.15, 0.2) is 28.7 Å². The maximum absolute atomic E-state index is 3.65. The highest BCUT2D eigenvalue weighted by Crippen LogP contribution is 2.25. The molecule has 1 aliphatic carbocycles. The topological polar surface area (TPSA) is 6.48 Å². The monoisotopic (exact) mass is 322 g/mol. The third kappa shape index (κ3) is 3.39. The summed E-state index contributed by atoms with van der Waals surface area (Å²) in [5.74, 6) is 0. The number of hydrogen-bond donors (Lipinski definition) is 0. The lowest BCUT2D eigenvalue weighted by atomic mass is 10.1. The van der Waals surface area contributed by atoms with Crippen LogP contribution in [0, 0.1) is 0 Å². The fourth-order valence-corrected chi connectivity index (χ4v) is 3.83. The van der Waals surface area contributed by atoms with Gasteiger partial charge < -0.3 is 0 Å². The van der Waals surface area contributed by atoms with Crippen molar-refractivity contribution in [2.75, 3.05) is 26.2 Å². The van der Waals surface area contributed by atoms with Crippen molar-refractivity contribution in [2.45, 2.75) is 38.3 Å². The van der Waals surface area contributed by atoms with Crippen LogP contribution in [-0.4, -0.2) is 42.0 Å². The maximum Gasteiger partial charge on any atom is 0.0246 e. The number of piperazine rings is 1. The molecule has 1 aromatic carbocycles. The molecule has 1 aliphatic heterocycles. The number of nitrogens with zero attached hydrogens (tertiary/aromatic N) is 2.